The molecule has 78 valence electrons. The van der Waals surface area contributed by atoms with Crippen LogP contribution in [0.4, 0.5) is 0 Å². The van der Waals surface area contributed by atoms with Gasteiger partial charge < -0.3 is 4.57 Å². The van der Waals surface area contributed by atoms with Crippen LogP contribution in [-0.2, 0) is 17.8 Å². The van der Waals surface area contributed by atoms with Crippen molar-refractivity contribution in [2.75, 3.05) is 5.88 Å². The van der Waals surface area contributed by atoms with E-state index in [4.69, 9.17) is 11.6 Å². The van der Waals surface area contributed by atoms with Crippen LogP contribution in [0, 0.1) is 0 Å². The predicted octanol–water partition coefficient (Wildman–Crippen LogP) is 2.03. The van der Waals surface area contributed by atoms with Crippen LogP contribution in [0.15, 0.2) is 12.4 Å². The highest BCUT2D eigenvalue weighted by atomic mass is 35.5. The molecule has 0 bridgehead atoms. The molecule has 0 amide bonds. The van der Waals surface area contributed by atoms with Crippen LogP contribution in [-0.4, -0.2) is 21.2 Å². The number of aromatic nitrogens is 2. The smallest absolute Gasteiger partial charge is 0.140 e. The lowest BCUT2D eigenvalue weighted by Crippen LogP contribution is -2.09. The van der Waals surface area contributed by atoms with Crippen molar-refractivity contribution in [3.05, 3.63) is 18.2 Å². The first-order valence-electron chi connectivity index (χ1n) is 4.85. The Kier molecular flexibility index (Phi) is 4.66. The fourth-order valence-corrected chi connectivity index (χ4v) is 1.46. The molecule has 0 unspecified atom stereocenters. The standard InChI is InChI=1S/C10H15ClN2O/c1-2-13-7-6-12-10(13)8-9(14)4-3-5-11/h6-7H,2-5,8H2,1H3. The number of aryl methyl sites for hydroxylation is 1. The van der Waals surface area contributed by atoms with Crippen LogP contribution in [0.25, 0.3) is 0 Å². The van der Waals surface area contributed by atoms with Gasteiger partial charge in [-0.05, 0) is 13.3 Å². The van der Waals surface area contributed by atoms with E-state index < -0.39 is 0 Å². The van der Waals surface area contributed by atoms with Gasteiger partial charge in [0.2, 0.25) is 0 Å². The molecule has 0 radical (unpaired) electrons. The third kappa shape index (κ3) is 3.14. The molecule has 0 atom stereocenters. The van der Waals surface area contributed by atoms with E-state index in [0.717, 1.165) is 18.8 Å². The first-order valence-corrected chi connectivity index (χ1v) is 5.39. The molecule has 0 N–H and O–H groups in total. The van der Waals surface area contributed by atoms with E-state index in [9.17, 15) is 4.79 Å². The van der Waals surface area contributed by atoms with Crippen LogP contribution < -0.4 is 0 Å². The van der Waals surface area contributed by atoms with Gasteiger partial charge in [0.15, 0.2) is 0 Å². The first kappa shape index (κ1) is 11.2. The summed E-state index contributed by atoms with van der Waals surface area (Å²) in [6.45, 7) is 2.90. The summed E-state index contributed by atoms with van der Waals surface area (Å²) in [4.78, 5) is 15.6. The summed E-state index contributed by atoms with van der Waals surface area (Å²) in [5.41, 5.74) is 0. The molecule has 1 heterocycles. The molecule has 0 aliphatic rings. The summed E-state index contributed by atoms with van der Waals surface area (Å²) in [5.74, 6) is 1.62. The maximum atomic E-state index is 11.4. The minimum atomic E-state index is 0.214. The van der Waals surface area contributed by atoms with Crippen LogP contribution in [0.2, 0.25) is 0 Å². The second-order valence-corrected chi connectivity index (χ2v) is 3.52. The largest absolute Gasteiger partial charge is 0.335 e. The lowest BCUT2D eigenvalue weighted by Gasteiger charge is -2.03. The van der Waals surface area contributed by atoms with Gasteiger partial charge in [-0.3, -0.25) is 4.79 Å². The molecular formula is C10H15ClN2O. The molecule has 0 saturated heterocycles. The van der Waals surface area contributed by atoms with Crippen molar-refractivity contribution in [1.82, 2.24) is 9.55 Å². The maximum absolute atomic E-state index is 11.4. The fourth-order valence-electron chi connectivity index (χ4n) is 1.32. The van der Waals surface area contributed by atoms with Crippen molar-refractivity contribution in [1.29, 1.82) is 0 Å². The number of carbonyl (C=O) groups is 1. The van der Waals surface area contributed by atoms with E-state index in [2.05, 4.69) is 4.98 Å². The highest BCUT2D eigenvalue weighted by molar-refractivity contribution is 6.17. The Morgan fingerprint density at radius 2 is 2.43 bits per heavy atom. The molecule has 1 rings (SSSR count). The summed E-state index contributed by atoms with van der Waals surface area (Å²) in [7, 11) is 0. The normalized spacial score (nSPS) is 10.4. The van der Waals surface area contributed by atoms with Gasteiger partial charge in [-0.2, -0.15) is 0 Å². The number of imidazole rings is 1. The van der Waals surface area contributed by atoms with E-state index in [1.807, 2.05) is 17.7 Å². The molecule has 0 fully saturated rings. The SMILES string of the molecule is CCn1ccnc1CC(=O)CCCCl. The van der Waals surface area contributed by atoms with Crippen molar-refractivity contribution in [2.24, 2.45) is 0 Å². The Morgan fingerprint density at radius 3 is 3.07 bits per heavy atom. The van der Waals surface area contributed by atoms with Gasteiger partial charge in [0.05, 0.1) is 6.42 Å². The average Bonchev–Trinajstić information content (AvgIpc) is 2.62. The number of hydrogen-bond acceptors (Lipinski definition) is 2. The number of ketones is 1. The number of rotatable bonds is 6. The van der Waals surface area contributed by atoms with E-state index in [-0.39, 0.29) is 5.78 Å². The van der Waals surface area contributed by atoms with Gasteiger partial charge in [0.1, 0.15) is 11.6 Å². The summed E-state index contributed by atoms with van der Waals surface area (Å²) < 4.78 is 1.98. The van der Waals surface area contributed by atoms with Crippen LogP contribution in [0.3, 0.4) is 0 Å². The highest BCUT2D eigenvalue weighted by Gasteiger charge is 2.07. The lowest BCUT2D eigenvalue weighted by atomic mass is 10.2. The zero-order valence-electron chi connectivity index (χ0n) is 8.37. The third-order valence-corrected chi connectivity index (χ3v) is 2.35. The second kappa shape index (κ2) is 5.81. The van der Waals surface area contributed by atoms with Gasteiger partial charge >= 0.3 is 0 Å². The molecule has 1 aromatic heterocycles. The number of hydrogen-bond donors (Lipinski definition) is 0. The molecule has 4 heteroatoms. The van der Waals surface area contributed by atoms with E-state index in [1.165, 1.54) is 0 Å². The van der Waals surface area contributed by atoms with Gasteiger partial charge in [-0.15, -0.1) is 11.6 Å². The zero-order valence-corrected chi connectivity index (χ0v) is 9.13. The highest BCUT2D eigenvalue weighted by Crippen LogP contribution is 2.03. The molecule has 0 spiro atoms. The average molecular weight is 215 g/mol. The quantitative estimate of drug-likeness (QED) is 0.680. The van der Waals surface area contributed by atoms with Crippen molar-refractivity contribution < 1.29 is 4.79 Å². The number of Topliss-reactive ketones (excluding diaryl/α,β-unsaturated/α-hetero) is 1. The van der Waals surface area contributed by atoms with Crippen molar-refractivity contribution in [2.45, 2.75) is 32.7 Å². The summed E-state index contributed by atoms with van der Waals surface area (Å²) in [5, 5.41) is 0. The Morgan fingerprint density at radius 1 is 1.64 bits per heavy atom. The summed E-state index contributed by atoms with van der Waals surface area (Å²) in [6.07, 6.45) is 5.36. The van der Waals surface area contributed by atoms with Crippen molar-refractivity contribution >= 4 is 17.4 Å². The number of alkyl halides is 1. The molecule has 3 nitrogen and oxygen atoms in total. The number of halogens is 1. The minimum absolute atomic E-state index is 0.214. The molecule has 0 aromatic carbocycles. The van der Waals surface area contributed by atoms with Gasteiger partial charge in [0, 0.05) is 31.2 Å². The second-order valence-electron chi connectivity index (χ2n) is 3.14. The molecule has 1 aromatic rings. The Hall–Kier alpha value is -0.830. The summed E-state index contributed by atoms with van der Waals surface area (Å²) in [6, 6.07) is 0. The van der Waals surface area contributed by atoms with E-state index in [1.54, 1.807) is 6.20 Å². The Balaban J connectivity index is 2.47. The number of carbonyl (C=O) groups excluding carboxylic acids is 1. The van der Waals surface area contributed by atoms with Gasteiger partial charge in [-0.25, -0.2) is 4.98 Å². The first-order chi connectivity index (χ1) is 6.77. The van der Waals surface area contributed by atoms with Crippen molar-refractivity contribution in [3.63, 3.8) is 0 Å². The minimum Gasteiger partial charge on any atom is -0.335 e. The zero-order chi connectivity index (χ0) is 10.4. The Labute approximate surface area is 89.1 Å². The number of nitrogens with zero attached hydrogens (tertiary/aromatic N) is 2. The molecule has 0 saturated carbocycles. The van der Waals surface area contributed by atoms with Gasteiger partial charge in [0.25, 0.3) is 0 Å². The van der Waals surface area contributed by atoms with E-state index >= 15 is 0 Å². The van der Waals surface area contributed by atoms with Crippen LogP contribution in [0.5, 0.6) is 0 Å². The fraction of sp³-hybridized carbons (Fsp3) is 0.600. The monoisotopic (exact) mass is 214 g/mol. The molecule has 0 aliphatic carbocycles. The molecule has 0 aliphatic heterocycles. The summed E-state index contributed by atoms with van der Waals surface area (Å²) >= 11 is 5.51. The maximum Gasteiger partial charge on any atom is 0.140 e. The topological polar surface area (TPSA) is 34.9 Å². The van der Waals surface area contributed by atoms with Crippen LogP contribution in [0.1, 0.15) is 25.6 Å². The van der Waals surface area contributed by atoms with Gasteiger partial charge in [-0.1, -0.05) is 0 Å². The van der Waals surface area contributed by atoms with Crippen molar-refractivity contribution in [3.8, 4) is 0 Å². The Bertz CT molecular complexity index is 296. The third-order valence-electron chi connectivity index (χ3n) is 2.09. The molecular weight excluding hydrogens is 200 g/mol. The predicted molar refractivity (Wildman–Crippen MR) is 56.6 cm³/mol. The lowest BCUT2D eigenvalue weighted by molar-refractivity contribution is -0.118. The van der Waals surface area contributed by atoms with Crippen LogP contribution >= 0.6 is 11.6 Å². The van der Waals surface area contributed by atoms with E-state index in [0.29, 0.717) is 18.7 Å². The molecule has 14 heavy (non-hydrogen) atoms.